The minimum atomic E-state index is 1.14. The summed E-state index contributed by atoms with van der Waals surface area (Å²) in [4.78, 5) is 0. The smallest absolute Gasteiger partial charge is 0.0103 e. The maximum atomic E-state index is 2.29. The lowest BCUT2D eigenvalue weighted by Crippen LogP contribution is -1.83. The molecule has 0 unspecified atom stereocenters. The highest BCUT2D eigenvalue weighted by Crippen LogP contribution is 2.29. The highest BCUT2D eigenvalue weighted by molar-refractivity contribution is 6.06. The Kier molecular flexibility index (Phi) is 3.33. The van der Waals surface area contributed by atoms with E-state index in [0.717, 1.165) is 6.42 Å². The van der Waals surface area contributed by atoms with Gasteiger partial charge >= 0.3 is 0 Å². The number of fused-ring (bicyclic) bond motifs is 2. The van der Waals surface area contributed by atoms with Gasteiger partial charge in [0.2, 0.25) is 0 Å². The number of allylic oxidation sites excluding steroid dienone is 1. The number of rotatable bonds is 3. The third-order valence-corrected chi connectivity index (χ3v) is 3.55. The predicted octanol–water partition coefficient (Wildman–Crippen LogP) is 5.81. The summed E-state index contributed by atoms with van der Waals surface area (Å²) in [5, 5.41) is 5.32. The Morgan fingerprint density at radius 3 is 2.00 bits per heavy atom. The zero-order valence-electron chi connectivity index (χ0n) is 11.3. The van der Waals surface area contributed by atoms with E-state index in [1.165, 1.54) is 33.5 Å². The molecule has 0 nitrogen and oxygen atoms in total. The van der Waals surface area contributed by atoms with Gasteiger partial charge in [0.15, 0.2) is 0 Å². The number of hydrogen-bond acceptors (Lipinski definition) is 0. The largest absolute Gasteiger partial charge is 0.0839 e. The summed E-state index contributed by atoms with van der Waals surface area (Å²) in [6.07, 6.45) is 6.90. The van der Waals surface area contributed by atoms with Crippen molar-refractivity contribution in [3.8, 4) is 0 Å². The number of benzene rings is 3. The van der Waals surface area contributed by atoms with E-state index < -0.39 is 0 Å². The second kappa shape index (κ2) is 5.27. The van der Waals surface area contributed by atoms with Crippen LogP contribution in [0.15, 0.2) is 60.7 Å². The second-order valence-corrected chi connectivity index (χ2v) is 4.92. The Labute approximate surface area is 114 Å². The lowest BCUT2D eigenvalue weighted by atomic mass is 9.96. The van der Waals surface area contributed by atoms with Crippen molar-refractivity contribution >= 4 is 27.6 Å². The summed E-state index contributed by atoms with van der Waals surface area (Å²) in [6.45, 7) is 2.21. The molecule has 0 aliphatic rings. The molecule has 0 spiro atoms. The van der Waals surface area contributed by atoms with Gasteiger partial charge < -0.3 is 0 Å². The fraction of sp³-hybridized carbons (Fsp3) is 0.158. The Bertz CT molecular complexity index is 681. The van der Waals surface area contributed by atoms with Crippen molar-refractivity contribution in [1.29, 1.82) is 0 Å². The lowest BCUT2D eigenvalue weighted by Gasteiger charge is -2.08. The van der Waals surface area contributed by atoms with E-state index in [0.29, 0.717) is 0 Å². The lowest BCUT2D eigenvalue weighted by molar-refractivity contribution is 0.962. The van der Waals surface area contributed by atoms with Gasteiger partial charge in [-0.3, -0.25) is 0 Å². The van der Waals surface area contributed by atoms with Gasteiger partial charge in [-0.25, -0.2) is 0 Å². The monoisotopic (exact) mass is 246 g/mol. The summed E-state index contributed by atoms with van der Waals surface area (Å²) < 4.78 is 0. The first-order valence-electron chi connectivity index (χ1n) is 6.97. The van der Waals surface area contributed by atoms with E-state index in [1.54, 1.807) is 0 Å². The fourth-order valence-corrected chi connectivity index (χ4v) is 2.60. The van der Waals surface area contributed by atoms with Crippen molar-refractivity contribution in [2.75, 3.05) is 0 Å². The van der Waals surface area contributed by atoms with Crippen LogP contribution in [-0.4, -0.2) is 0 Å². The van der Waals surface area contributed by atoms with Crippen LogP contribution in [0.2, 0.25) is 0 Å². The molecule has 0 heterocycles. The standard InChI is InChI=1S/C19H18/c1-2-3-4-13-19-17-11-7-5-9-15(17)14-16-10-6-8-12-18(16)19/h4-14H,2-3H2,1H3. The molecule has 0 aromatic heterocycles. The molecule has 3 rings (SSSR count). The average Bonchev–Trinajstić information content (AvgIpc) is 2.46. The molecule has 0 aliphatic heterocycles. The fourth-order valence-electron chi connectivity index (χ4n) is 2.60. The molecular formula is C19H18. The topological polar surface area (TPSA) is 0 Å². The molecule has 3 aromatic carbocycles. The molecule has 0 aliphatic carbocycles. The summed E-state index contributed by atoms with van der Waals surface area (Å²) >= 11 is 0. The molecule has 0 heteroatoms. The zero-order valence-corrected chi connectivity index (χ0v) is 11.3. The van der Waals surface area contributed by atoms with E-state index in [2.05, 4.69) is 73.7 Å². The molecule has 0 bridgehead atoms. The third kappa shape index (κ3) is 2.26. The Morgan fingerprint density at radius 2 is 1.42 bits per heavy atom. The molecule has 19 heavy (non-hydrogen) atoms. The Balaban J connectivity index is 2.33. The van der Waals surface area contributed by atoms with Crippen LogP contribution >= 0.6 is 0 Å². The molecule has 0 atom stereocenters. The van der Waals surface area contributed by atoms with Gasteiger partial charge in [-0.05, 0) is 39.6 Å². The van der Waals surface area contributed by atoms with Crippen LogP contribution < -0.4 is 0 Å². The average molecular weight is 246 g/mol. The molecule has 94 valence electrons. The summed E-state index contributed by atoms with van der Waals surface area (Å²) in [7, 11) is 0. The highest BCUT2D eigenvalue weighted by atomic mass is 14.1. The van der Waals surface area contributed by atoms with Crippen molar-refractivity contribution < 1.29 is 0 Å². The maximum absolute atomic E-state index is 2.29. The van der Waals surface area contributed by atoms with Crippen LogP contribution in [0.25, 0.3) is 27.6 Å². The number of hydrogen-bond donors (Lipinski definition) is 0. The van der Waals surface area contributed by atoms with Crippen LogP contribution in [0, 0.1) is 0 Å². The van der Waals surface area contributed by atoms with Crippen LogP contribution in [0.1, 0.15) is 25.3 Å². The molecule has 0 saturated carbocycles. The van der Waals surface area contributed by atoms with Gasteiger partial charge in [0, 0.05) is 0 Å². The van der Waals surface area contributed by atoms with Crippen molar-refractivity contribution in [2.45, 2.75) is 19.8 Å². The van der Waals surface area contributed by atoms with Gasteiger partial charge in [0.1, 0.15) is 0 Å². The van der Waals surface area contributed by atoms with E-state index in [1.807, 2.05) is 0 Å². The van der Waals surface area contributed by atoms with Gasteiger partial charge in [-0.1, -0.05) is 74.0 Å². The van der Waals surface area contributed by atoms with E-state index in [-0.39, 0.29) is 0 Å². The van der Waals surface area contributed by atoms with Gasteiger partial charge in [-0.2, -0.15) is 0 Å². The Hall–Kier alpha value is -2.08. The van der Waals surface area contributed by atoms with Crippen LogP contribution in [0.4, 0.5) is 0 Å². The molecule has 0 radical (unpaired) electrons. The first-order chi connectivity index (χ1) is 9.40. The summed E-state index contributed by atoms with van der Waals surface area (Å²) in [5.74, 6) is 0. The van der Waals surface area contributed by atoms with Gasteiger partial charge in [0.25, 0.3) is 0 Å². The van der Waals surface area contributed by atoms with Crippen molar-refractivity contribution in [2.24, 2.45) is 0 Å². The van der Waals surface area contributed by atoms with Crippen LogP contribution in [-0.2, 0) is 0 Å². The van der Waals surface area contributed by atoms with Gasteiger partial charge in [-0.15, -0.1) is 0 Å². The van der Waals surface area contributed by atoms with Crippen molar-refractivity contribution in [3.63, 3.8) is 0 Å². The van der Waals surface area contributed by atoms with Crippen molar-refractivity contribution in [1.82, 2.24) is 0 Å². The molecule has 0 saturated heterocycles. The third-order valence-electron chi connectivity index (χ3n) is 3.55. The van der Waals surface area contributed by atoms with Crippen molar-refractivity contribution in [3.05, 3.63) is 66.2 Å². The quantitative estimate of drug-likeness (QED) is 0.512. The van der Waals surface area contributed by atoms with E-state index >= 15 is 0 Å². The summed E-state index contributed by atoms with van der Waals surface area (Å²) in [5.41, 5.74) is 1.35. The SMILES string of the molecule is CCCC=Cc1c2ccccc2cc2ccccc12. The molecule has 0 N–H and O–H groups in total. The van der Waals surface area contributed by atoms with E-state index in [4.69, 9.17) is 0 Å². The first kappa shape index (κ1) is 12.0. The minimum absolute atomic E-state index is 1.14. The Morgan fingerprint density at radius 1 is 0.842 bits per heavy atom. The summed E-state index contributed by atoms with van der Waals surface area (Å²) in [6, 6.07) is 19.6. The van der Waals surface area contributed by atoms with E-state index in [9.17, 15) is 0 Å². The molecule has 0 amide bonds. The molecule has 3 aromatic rings. The second-order valence-electron chi connectivity index (χ2n) is 4.92. The first-order valence-corrected chi connectivity index (χ1v) is 6.97. The maximum Gasteiger partial charge on any atom is -0.0103 e. The van der Waals surface area contributed by atoms with Crippen LogP contribution in [0.5, 0.6) is 0 Å². The molecular weight excluding hydrogens is 228 g/mol. The zero-order chi connectivity index (χ0) is 13.1. The molecule has 0 fully saturated rings. The van der Waals surface area contributed by atoms with Gasteiger partial charge in [0.05, 0.1) is 0 Å². The minimum Gasteiger partial charge on any atom is -0.0839 e. The number of unbranched alkanes of at least 4 members (excludes halogenated alkanes) is 1. The normalized spacial score (nSPS) is 11.6. The van der Waals surface area contributed by atoms with Crippen LogP contribution in [0.3, 0.4) is 0 Å². The predicted molar refractivity (Wildman–Crippen MR) is 85.4 cm³/mol. The highest BCUT2D eigenvalue weighted by Gasteiger charge is 2.03.